The highest BCUT2D eigenvalue weighted by Gasteiger charge is 2.06. The monoisotopic (exact) mass is 373 g/mol. The highest BCUT2D eigenvalue weighted by atomic mass is 32.2. The van der Waals surface area contributed by atoms with E-state index in [0.29, 0.717) is 10.7 Å². The fraction of sp³-hybridized carbons (Fsp3) is 0.263. The zero-order valence-electron chi connectivity index (χ0n) is 14.5. The Morgan fingerprint density at radius 3 is 2.32 bits per heavy atom. The summed E-state index contributed by atoms with van der Waals surface area (Å²) in [6, 6.07) is 15.6. The second kappa shape index (κ2) is 10.1. The molecule has 0 aliphatic rings. The van der Waals surface area contributed by atoms with E-state index >= 15 is 0 Å². The first-order chi connectivity index (χ1) is 12.1. The first-order valence-corrected chi connectivity index (χ1v) is 9.86. The van der Waals surface area contributed by atoms with Crippen LogP contribution >= 0.6 is 24.0 Å². The molecular weight excluding hydrogens is 350 g/mol. The minimum absolute atomic E-state index is 0.230. The number of hydrazine groups is 1. The van der Waals surface area contributed by atoms with Gasteiger partial charge in [0.1, 0.15) is 0 Å². The summed E-state index contributed by atoms with van der Waals surface area (Å²) in [7, 11) is 0. The van der Waals surface area contributed by atoms with Crippen LogP contribution < -0.4 is 16.2 Å². The molecule has 0 saturated carbocycles. The second-order valence-corrected chi connectivity index (χ2v) is 6.85. The number of nitrogens with one attached hydrogen (secondary N) is 3. The summed E-state index contributed by atoms with van der Waals surface area (Å²) in [6.07, 6.45) is 5.46. The molecule has 2 rings (SSSR count). The van der Waals surface area contributed by atoms with Crippen LogP contribution in [0.25, 0.3) is 0 Å². The zero-order chi connectivity index (χ0) is 18.1. The molecular formula is C19H23N3OS2. The molecule has 6 heteroatoms. The van der Waals surface area contributed by atoms with Gasteiger partial charge in [-0.3, -0.25) is 15.6 Å². The van der Waals surface area contributed by atoms with Crippen LogP contribution in [0.5, 0.6) is 0 Å². The van der Waals surface area contributed by atoms with Crippen molar-refractivity contribution >= 4 is 40.7 Å². The van der Waals surface area contributed by atoms with Crippen LogP contribution in [0.15, 0.2) is 53.4 Å². The molecule has 4 nitrogen and oxygen atoms in total. The van der Waals surface area contributed by atoms with E-state index in [1.54, 1.807) is 23.9 Å². The summed E-state index contributed by atoms with van der Waals surface area (Å²) >= 11 is 6.84. The largest absolute Gasteiger partial charge is 0.331 e. The van der Waals surface area contributed by atoms with Gasteiger partial charge in [0.15, 0.2) is 5.11 Å². The van der Waals surface area contributed by atoms with Crippen LogP contribution in [0.4, 0.5) is 5.69 Å². The van der Waals surface area contributed by atoms with Gasteiger partial charge in [-0.05, 0) is 73.3 Å². The Kier molecular flexibility index (Phi) is 7.76. The van der Waals surface area contributed by atoms with Crippen molar-refractivity contribution in [3.63, 3.8) is 0 Å². The maximum absolute atomic E-state index is 12.1. The number of carbonyl (C=O) groups excluding carboxylic acids is 1. The number of unbranched alkanes of at least 4 members (excludes halogenated alkanes) is 1. The van der Waals surface area contributed by atoms with E-state index in [1.165, 1.54) is 18.4 Å². The predicted molar refractivity (Wildman–Crippen MR) is 110 cm³/mol. The van der Waals surface area contributed by atoms with E-state index < -0.39 is 0 Å². The third-order valence-corrected chi connectivity index (χ3v) is 4.62. The molecule has 1 amide bonds. The predicted octanol–water partition coefficient (Wildman–Crippen LogP) is 4.38. The third-order valence-electron chi connectivity index (χ3n) is 3.67. The maximum Gasteiger partial charge on any atom is 0.269 e. The molecule has 0 bridgehead atoms. The Morgan fingerprint density at radius 1 is 1.04 bits per heavy atom. The maximum atomic E-state index is 12.1. The minimum Gasteiger partial charge on any atom is -0.331 e. The smallest absolute Gasteiger partial charge is 0.269 e. The Balaban J connectivity index is 1.80. The summed E-state index contributed by atoms with van der Waals surface area (Å²) in [5, 5.41) is 3.40. The SMILES string of the molecule is CCCCc1ccc(NC(=S)NNC(=O)c2ccc(SC)cc2)cc1. The van der Waals surface area contributed by atoms with Crippen molar-refractivity contribution in [1.82, 2.24) is 10.9 Å². The first kappa shape index (κ1) is 19.3. The van der Waals surface area contributed by atoms with Gasteiger partial charge in [-0.25, -0.2) is 0 Å². The highest BCUT2D eigenvalue weighted by Crippen LogP contribution is 2.14. The zero-order valence-corrected chi connectivity index (χ0v) is 16.1. The van der Waals surface area contributed by atoms with Gasteiger partial charge < -0.3 is 5.32 Å². The molecule has 0 aliphatic carbocycles. The van der Waals surface area contributed by atoms with Gasteiger partial charge in [-0.2, -0.15) is 0 Å². The molecule has 0 aromatic heterocycles. The molecule has 0 radical (unpaired) electrons. The topological polar surface area (TPSA) is 53.2 Å². The van der Waals surface area contributed by atoms with Crippen LogP contribution in [0.2, 0.25) is 0 Å². The average Bonchev–Trinajstić information content (AvgIpc) is 2.65. The number of thioether (sulfide) groups is 1. The van der Waals surface area contributed by atoms with Crippen molar-refractivity contribution in [3.8, 4) is 0 Å². The average molecular weight is 374 g/mol. The number of benzene rings is 2. The molecule has 0 spiro atoms. The Labute approximate surface area is 158 Å². The number of amides is 1. The van der Waals surface area contributed by atoms with Crippen molar-refractivity contribution in [2.45, 2.75) is 31.1 Å². The van der Waals surface area contributed by atoms with Crippen molar-refractivity contribution in [1.29, 1.82) is 0 Å². The fourth-order valence-electron chi connectivity index (χ4n) is 2.23. The number of hydrogen-bond donors (Lipinski definition) is 3. The molecule has 0 aliphatic heterocycles. The van der Waals surface area contributed by atoms with Crippen molar-refractivity contribution in [3.05, 3.63) is 59.7 Å². The first-order valence-electron chi connectivity index (χ1n) is 8.22. The molecule has 0 heterocycles. The summed E-state index contributed by atoms with van der Waals surface area (Å²) < 4.78 is 0. The minimum atomic E-state index is -0.230. The number of thiocarbonyl (C=S) groups is 1. The van der Waals surface area contributed by atoms with Gasteiger partial charge in [0.05, 0.1) is 0 Å². The van der Waals surface area contributed by atoms with Gasteiger partial charge in [0.2, 0.25) is 0 Å². The van der Waals surface area contributed by atoms with E-state index in [2.05, 4.69) is 35.2 Å². The summed E-state index contributed by atoms with van der Waals surface area (Å²) in [6.45, 7) is 2.19. The molecule has 0 atom stereocenters. The number of rotatable bonds is 6. The summed E-state index contributed by atoms with van der Waals surface area (Å²) in [4.78, 5) is 13.2. The molecule has 3 N–H and O–H groups in total. The quantitative estimate of drug-likeness (QED) is 0.398. The lowest BCUT2D eigenvalue weighted by molar-refractivity contribution is 0.0944. The molecule has 2 aromatic rings. The molecule has 0 fully saturated rings. The second-order valence-electron chi connectivity index (χ2n) is 5.56. The molecule has 25 heavy (non-hydrogen) atoms. The van der Waals surface area contributed by atoms with E-state index in [0.717, 1.165) is 17.0 Å². The lowest BCUT2D eigenvalue weighted by Crippen LogP contribution is -2.43. The molecule has 0 unspecified atom stereocenters. The fourth-order valence-corrected chi connectivity index (χ4v) is 2.80. The highest BCUT2D eigenvalue weighted by molar-refractivity contribution is 7.98. The number of carbonyl (C=O) groups is 1. The van der Waals surface area contributed by atoms with Crippen LogP contribution in [-0.4, -0.2) is 17.3 Å². The van der Waals surface area contributed by atoms with E-state index in [9.17, 15) is 4.79 Å². The lowest BCUT2D eigenvalue weighted by atomic mass is 10.1. The van der Waals surface area contributed by atoms with Crippen LogP contribution in [0.1, 0.15) is 35.7 Å². The van der Waals surface area contributed by atoms with E-state index in [1.807, 2.05) is 30.5 Å². The van der Waals surface area contributed by atoms with Gasteiger partial charge in [-0.15, -0.1) is 11.8 Å². The number of hydrogen-bond acceptors (Lipinski definition) is 3. The van der Waals surface area contributed by atoms with Crippen molar-refractivity contribution in [2.75, 3.05) is 11.6 Å². The van der Waals surface area contributed by atoms with Gasteiger partial charge in [-0.1, -0.05) is 25.5 Å². The van der Waals surface area contributed by atoms with Crippen LogP contribution in [0.3, 0.4) is 0 Å². The summed E-state index contributed by atoms with van der Waals surface area (Å²) in [5.74, 6) is -0.230. The summed E-state index contributed by atoms with van der Waals surface area (Å²) in [5.41, 5.74) is 8.09. The Hall–Kier alpha value is -2.05. The number of aryl methyl sites for hydroxylation is 1. The van der Waals surface area contributed by atoms with E-state index in [-0.39, 0.29) is 5.91 Å². The normalized spacial score (nSPS) is 10.2. The van der Waals surface area contributed by atoms with Gasteiger partial charge >= 0.3 is 0 Å². The molecule has 132 valence electrons. The Morgan fingerprint density at radius 2 is 1.72 bits per heavy atom. The van der Waals surface area contributed by atoms with E-state index in [4.69, 9.17) is 12.2 Å². The lowest BCUT2D eigenvalue weighted by Gasteiger charge is -2.12. The molecule has 2 aromatic carbocycles. The third kappa shape index (κ3) is 6.40. The standard InChI is InChI=1S/C19H23N3OS2/c1-3-4-5-14-6-10-16(11-7-14)20-19(24)22-21-18(23)15-8-12-17(25-2)13-9-15/h6-13H,3-5H2,1-2H3,(H,21,23)(H2,20,22,24). The van der Waals surface area contributed by atoms with Crippen LogP contribution in [-0.2, 0) is 6.42 Å². The van der Waals surface area contributed by atoms with Gasteiger partial charge in [0.25, 0.3) is 5.91 Å². The molecule has 0 saturated heterocycles. The van der Waals surface area contributed by atoms with Crippen molar-refractivity contribution in [2.24, 2.45) is 0 Å². The van der Waals surface area contributed by atoms with Crippen LogP contribution in [0, 0.1) is 0 Å². The van der Waals surface area contributed by atoms with Gasteiger partial charge in [0, 0.05) is 16.1 Å². The van der Waals surface area contributed by atoms with Crippen molar-refractivity contribution < 1.29 is 4.79 Å². The number of anilines is 1. The Bertz CT molecular complexity index is 700.